The van der Waals surface area contributed by atoms with E-state index in [1.54, 1.807) is 6.92 Å². The third-order valence-electron chi connectivity index (χ3n) is 5.99. The minimum atomic E-state index is -1.04. The number of carboxylic acids is 1. The van der Waals surface area contributed by atoms with Crippen LogP contribution in [0.2, 0.25) is 5.15 Å². The van der Waals surface area contributed by atoms with E-state index in [2.05, 4.69) is 25.6 Å². The number of nitrogens with zero attached hydrogens (tertiary/aromatic N) is 3. The first-order valence-corrected chi connectivity index (χ1v) is 12.9. The SMILES string of the molecule is CCc1[nH]c(C(=O)N[C@H]2CCN(c3nc(C)c(C(=O)O)s3)C[C@@H]2NC(=O)OCc2ccccc2)nc1Cl. The van der Waals surface area contributed by atoms with E-state index >= 15 is 0 Å². The quantitative estimate of drug-likeness (QED) is 0.336. The molecule has 0 unspecified atom stereocenters. The Bertz CT molecular complexity index is 1280. The van der Waals surface area contributed by atoms with Crippen LogP contribution in [-0.2, 0) is 17.8 Å². The maximum absolute atomic E-state index is 12.9. The van der Waals surface area contributed by atoms with Crippen LogP contribution in [0.25, 0.3) is 0 Å². The van der Waals surface area contributed by atoms with Crippen molar-refractivity contribution >= 4 is 46.0 Å². The van der Waals surface area contributed by atoms with Gasteiger partial charge in [-0.3, -0.25) is 4.79 Å². The number of benzene rings is 1. The van der Waals surface area contributed by atoms with Gasteiger partial charge in [-0.2, -0.15) is 0 Å². The summed E-state index contributed by atoms with van der Waals surface area (Å²) >= 11 is 7.16. The normalized spacial score (nSPS) is 17.3. The summed E-state index contributed by atoms with van der Waals surface area (Å²) in [5.74, 6) is -1.38. The lowest BCUT2D eigenvalue weighted by molar-refractivity contribution is 0.0700. The Kier molecular flexibility index (Phi) is 8.29. The number of carbonyl (C=O) groups is 3. The number of halogens is 1. The fourth-order valence-electron chi connectivity index (χ4n) is 4.04. The molecule has 1 aromatic carbocycles. The Morgan fingerprint density at radius 2 is 1.97 bits per heavy atom. The second-order valence-electron chi connectivity index (χ2n) is 8.55. The number of nitrogens with one attached hydrogen (secondary N) is 3. The van der Waals surface area contributed by atoms with Crippen LogP contribution in [0.5, 0.6) is 0 Å². The van der Waals surface area contributed by atoms with E-state index in [9.17, 15) is 19.5 Å². The minimum absolute atomic E-state index is 0.0938. The number of aromatic nitrogens is 3. The number of H-pyrrole nitrogens is 1. The van der Waals surface area contributed by atoms with Crippen molar-refractivity contribution in [3.8, 4) is 0 Å². The highest BCUT2D eigenvalue weighted by Crippen LogP contribution is 2.28. The zero-order chi connectivity index (χ0) is 26.5. The molecule has 2 amide bonds. The third kappa shape index (κ3) is 6.38. The van der Waals surface area contributed by atoms with Crippen molar-refractivity contribution in [2.45, 2.75) is 45.4 Å². The summed E-state index contributed by atoms with van der Waals surface area (Å²) in [7, 11) is 0. The molecule has 4 rings (SSSR count). The van der Waals surface area contributed by atoms with E-state index in [4.69, 9.17) is 16.3 Å². The second kappa shape index (κ2) is 11.6. The molecule has 4 N–H and O–H groups in total. The Hall–Kier alpha value is -3.64. The van der Waals surface area contributed by atoms with E-state index in [0.29, 0.717) is 35.9 Å². The van der Waals surface area contributed by atoms with Crippen molar-refractivity contribution in [1.82, 2.24) is 25.6 Å². The predicted molar refractivity (Wildman–Crippen MR) is 138 cm³/mol. The van der Waals surface area contributed by atoms with E-state index in [1.807, 2.05) is 42.2 Å². The number of piperidine rings is 1. The molecule has 1 aliphatic rings. The van der Waals surface area contributed by atoms with E-state index < -0.39 is 30.1 Å². The van der Waals surface area contributed by atoms with Crippen LogP contribution in [-0.4, -0.2) is 63.2 Å². The first-order valence-electron chi connectivity index (χ1n) is 11.7. The number of rotatable bonds is 8. The van der Waals surface area contributed by atoms with Crippen molar-refractivity contribution in [1.29, 1.82) is 0 Å². The Morgan fingerprint density at radius 1 is 1.22 bits per heavy atom. The number of hydrogen-bond donors (Lipinski definition) is 4. The fourth-order valence-corrected chi connectivity index (χ4v) is 5.25. The largest absolute Gasteiger partial charge is 0.477 e. The van der Waals surface area contributed by atoms with Crippen molar-refractivity contribution < 1.29 is 24.2 Å². The number of aromatic carboxylic acids is 1. The zero-order valence-electron chi connectivity index (χ0n) is 20.3. The number of anilines is 1. The number of hydrogen-bond acceptors (Lipinski definition) is 8. The van der Waals surface area contributed by atoms with Gasteiger partial charge in [-0.25, -0.2) is 19.6 Å². The summed E-state index contributed by atoms with van der Waals surface area (Å²) in [6.07, 6.45) is 0.428. The van der Waals surface area contributed by atoms with Gasteiger partial charge in [-0.15, -0.1) is 0 Å². The molecule has 0 aliphatic carbocycles. The number of imidazole rings is 1. The lowest BCUT2D eigenvalue weighted by Crippen LogP contribution is -2.60. The van der Waals surface area contributed by atoms with Crippen LogP contribution in [0.4, 0.5) is 9.93 Å². The van der Waals surface area contributed by atoms with Crippen LogP contribution < -0.4 is 15.5 Å². The second-order valence-corrected chi connectivity index (χ2v) is 9.89. The molecule has 1 saturated heterocycles. The van der Waals surface area contributed by atoms with Gasteiger partial charge in [0.15, 0.2) is 16.1 Å². The summed E-state index contributed by atoms with van der Waals surface area (Å²) in [6, 6.07) is 8.29. The maximum atomic E-state index is 12.9. The van der Waals surface area contributed by atoms with Gasteiger partial charge in [0.25, 0.3) is 5.91 Å². The highest BCUT2D eigenvalue weighted by Gasteiger charge is 2.34. The number of aryl methyl sites for hydroxylation is 2. The van der Waals surface area contributed by atoms with Gasteiger partial charge in [0.2, 0.25) is 0 Å². The summed E-state index contributed by atoms with van der Waals surface area (Å²) in [5, 5.41) is 16.0. The average Bonchev–Trinajstić information content (AvgIpc) is 3.46. The molecule has 3 heterocycles. The molecule has 2 atom stereocenters. The molecule has 2 aromatic heterocycles. The van der Waals surface area contributed by atoms with Gasteiger partial charge < -0.3 is 30.4 Å². The number of ether oxygens (including phenoxy) is 1. The number of amides is 2. The summed E-state index contributed by atoms with van der Waals surface area (Å²) in [6.45, 7) is 4.42. The Labute approximate surface area is 222 Å². The highest BCUT2D eigenvalue weighted by atomic mass is 35.5. The highest BCUT2D eigenvalue weighted by molar-refractivity contribution is 7.17. The maximum Gasteiger partial charge on any atom is 0.407 e. The summed E-state index contributed by atoms with van der Waals surface area (Å²) in [5.41, 5.74) is 1.93. The van der Waals surface area contributed by atoms with Gasteiger partial charge >= 0.3 is 12.1 Å². The van der Waals surface area contributed by atoms with Gasteiger partial charge in [-0.05, 0) is 25.3 Å². The Morgan fingerprint density at radius 3 is 2.62 bits per heavy atom. The molecule has 1 fully saturated rings. The molecular weight excluding hydrogens is 520 g/mol. The van der Waals surface area contributed by atoms with E-state index in [1.165, 1.54) is 0 Å². The average molecular weight is 547 g/mol. The first kappa shape index (κ1) is 26.4. The van der Waals surface area contributed by atoms with Crippen molar-refractivity contribution in [2.24, 2.45) is 0 Å². The van der Waals surface area contributed by atoms with Crippen LogP contribution >= 0.6 is 22.9 Å². The molecule has 1 aliphatic heterocycles. The van der Waals surface area contributed by atoms with Crippen LogP contribution in [0.1, 0.15) is 50.6 Å². The summed E-state index contributed by atoms with van der Waals surface area (Å²) < 4.78 is 5.39. The van der Waals surface area contributed by atoms with Crippen LogP contribution in [0.15, 0.2) is 30.3 Å². The molecule has 0 saturated carbocycles. The smallest absolute Gasteiger partial charge is 0.407 e. The minimum Gasteiger partial charge on any atom is -0.477 e. The molecule has 3 aromatic rings. The molecule has 37 heavy (non-hydrogen) atoms. The number of alkyl carbamates (subject to hydrolysis) is 1. The number of carbonyl (C=O) groups excluding carboxylic acids is 2. The monoisotopic (exact) mass is 546 g/mol. The van der Waals surface area contributed by atoms with Gasteiger partial charge in [0.05, 0.1) is 23.5 Å². The van der Waals surface area contributed by atoms with E-state index in [0.717, 1.165) is 16.9 Å². The molecule has 13 heteroatoms. The van der Waals surface area contributed by atoms with Gasteiger partial charge in [0.1, 0.15) is 11.5 Å². The standard InChI is InChI=1S/C24H27ClN6O5S/c1-3-15-19(25)30-20(27-15)21(32)28-16-9-10-31(23-26-13(2)18(37-23)22(33)34)11-17(16)29-24(35)36-12-14-7-5-4-6-8-14/h4-8,16-17H,3,9-12H2,1-2H3,(H,27,30)(H,28,32)(H,29,35)(H,33,34)/t16-,17-/m0/s1. The lowest BCUT2D eigenvalue weighted by atomic mass is 9.99. The van der Waals surface area contributed by atoms with Gasteiger partial charge in [-0.1, -0.05) is 60.2 Å². The zero-order valence-corrected chi connectivity index (χ0v) is 21.9. The number of thiazole rings is 1. The summed E-state index contributed by atoms with van der Waals surface area (Å²) in [4.78, 5) is 50.6. The van der Waals surface area contributed by atoms with E-state index in [-0.39, 0.29) is 29.0 Å². The third-order valence-corrected chi connectivity index (χ3v) is 7.51. The van der Waals surface area contributed by atoms with Gasteiger partial charge in [0, 0.05) is 13.1 Å². The molecule has 0 bridgehead atoms. The lowest BCUT2D eigenvalue weighted by Gasteiger charge is -2.38. The molecule has 0 radical (unpaired) electrons. The number of carboxylic acid groups (broad SMARTS) is 1. The Balaban J connectivity index is 1.48. The number of aromatic amines is 1. The fraction of sp³-hybridized carbons (Fsp3) is 0.375. The predicted octanol–water partition coefficient (Wildman–Crippen LogP) is 3.39. The van der Waals surface area contributed by atoms with Crippen molar-refractivity contribution in [3.63, 3.8) is 0 Å². The van der Waals surface area contributed by atoms with Crippen molar-refractivity contribution in [2.75, 3.05) is 18.0 Å². The van der Waals surface area contributed by atoms with Crippen molar-refractivity contribution in [3.05, 3.63) is 63.1 Å². The molecular formula is C24H27ClN6O5S. The molecule has 0 spiro atoms. The molecule has 196 valence electrons. The van der Waals surface area contributed by atoms with Crippen LogP contribution in [0.3, 0.4) is 0 Å². The molecule has 11 nitrogen and oxygen atoms in total. The topological polar surface area (TPSA) is 150 Å². The first-order chi connectivity index (χ1) is 17.7. The van der Waals surface area contributed by atoms with Crippen LogP contribution in [0, 0.1) is 6.92 Å².